The molecule has 0 aromatic carbocycles. The molecule has 2 saturated heterocycles. The molecule has 0 radical (unpaired) electrons. The van der Waals surface area contributed by atoms with E-state index in [1.54, 1.807) is 0 Å². The molecule has 0 aromatic heterocycles. The molecule has 8 aliphatic rings. The van der Waals surface area contributed by atoms with Crippen LogP contribution in [0.25, 0.3) is 0 Å². The predicted octanol–water partition coefficient (Wildman–Crippen LogP) is 1.69. The van der Waals surface area contributed by atoms with Crippen molar-refractivity contribution in [2.24, 2.45) is 71.0 Å². The lowest BCUT2D eigenvalue weighted by molar-refractivity contribution is -0.0792. The zero-order chi connectivity index (χ0) is 15.5. The van der Waals surface area contributed by atoms with Gasteiger partial charge in [0.2, 0.25) is 0 Å². The smallest absolute Gasteiger partial charge is 0.0833 e. The van der Waals surface area contributed by atoms with E-state index in [1.165, 1.54) is 12.8 Å². The summed E-state index contributed by atoms with van der Waals surface area (Å²) in [7, 11) is 0. The van der Waals surface area contributed by atoms with Gasteiger partial charge in [0, 0.05) is 0 Å². The van der Waals surface area contributed by atoms with Crippen LogP contribution in [-0.4, -0.2) is 34.6 Å². The van der Waals surface area contributed by atoms with Crippen molar-refractivity contribution in [2.45, 2.75) is 43.7 Å². The highest BCUT2D eigenvalue weighted by Gasteiger charge is 2.78. The first-order valence-corrected chi connectivity index (χ1v) is 10.4. The van der Waals surface area contributed by atoms with Crippen LogP contribution in [-0.2, 0) is 4.74 Å². The first kappa shape index (κ1) is 12.9. The maximum atomic E-state index is 10.5. The summed E-state index contributed by atoms with van der Waals surface area (Å²) in [5, 5.41) is 20.9. The normalized spacial score (nSPS) is 77.6. The van der Waals surface area contributed by atoms with E-state index >= 15 is 0 Å². The Hall–Kier alpha value is -0.380. The molecule has 16 atom stereocenters. The molecule has 8 bridgehead atoms. The van der Waals surface area contributed by atoms with Crippen molar-refractivity contribution in [3.63, 3.8) is 0 Å². The number of allylic oxidation sites excluding steroid dienone is 2. The van der Waals surface area contributed by atoms with Gasteiger partial charge in [-0.05, 0) is 90.3 Å². The standard InChI is InChI=1S/C21H26O3/c22-18-10-5-11(19(18)23)17-16(10)20-14-8-4-9(15(14)21(17)24-20)13-7-2-1-6(3-7)12(8)13/h1-2,6-23H,3-5H2. The summed E-state index contributed by atoms with van der Waals surface area (Å²) in [5.74, 6) is 8.82. The Labute approximate surface area is 142 Å². The Bertz CT molecular complexity index is 622. The second kappa shape index (κ2) is 3.68. The van der Waals surface area contributed by atoms with E-state index in [9.17, 15) is 10.2 Å². The highest BCUT2D eigenvalue weighted by molar-refractivity contribution is 5.28. The van der Waals surface area contributed by atoms with Crippen LogP contribution in [0.5, 0.6) is 0 Å². The third-order valence-electron chi connectivity index (χ3n) is 10.6. The minimum Gasteiger partial charge on any atom is -0.390 e. The lowest BCUT2D eigenvalue weighted by Gasteiger charge is -2.48. The molecule has 3 nitrogen and oxygen atoms in total. The molecule has 3 heteroatoms. The van der Waals surface area contributed by atoms with Gasteiger partial charge in [0.25, 0.3) is 0 Å². The molecule has 0 spiro atoms. The van der Waals surface area contributed by atoms with E-state index in [0.717, 1.165) is 53.8 Å². The average molecular weight is 326 g/mol. The van der Waals surface area contributed by atoms with Crippen LogP contribution in [0.15, 0.2) is 12.2 Å². The molecule has 24 heavy (non-hydrogen) atoms. The van der Waals surface area contributed by atoms with Gasteiger partial charge in [-0.2, -0.15) is 0 Å². The zero-order valence-electron chi connectivity index (χ0n) is 13.8. The van der Waals surface area contributed by atoms with Crippen LogP contribution >= 0.6 is 0 Å². The molecule has 2 aliphatic heterocycles. The molecular weight excluding hydrogens is 300 g/mol. The van der Waals surface area contributed by atoms with Gasteiger partial charge < -0.3 is 14.9 Å². The maximum absolute atomic E-state index is 10.5. The molecule has 7 fully saturated rings. The number of rotatable bonds is 0. The van der Waals surface area contributed by atoms with E-state index < -0.39 is 12.2 Å². The van der Waals surface area contributed by atoms with Gasteiger partial charge in [0.15, 0.2) is 0 Å². The van der Waals surface area contributed by atoms with Gasteiger partial charge in [-0.15, -0.1) is 0 Å². The molecule has 0 aromatic rings. The van der Waals surface area contributed by atoms with Gasteiger partial charge in [0.1, 0.15) is 0 Å². The highest BCUT2D eigenvalue weighted by atomic mass is 16.5. The summed E-state index contributed by atoms with van der Waals surface area (Å²) in [5.41, 5.74) is 0. The fourth-order valence-electron chi connectivity index (χ4n) is 10.5. The lowest BCUT2D eigenvalue weighted by Crippen LogP contribution is -2.53. The van der Waals surface area contributed by atoms with Gasteiger partial charge in [-0.1, -0.05) is 12.2 Å². The minimum atomic E-state index is -0.477. The second-order valence-electron chi connectivity index (χ2n) is 10.6. The van der Waals surface area contributed by atoms with Crippen molar-refractivity contribution in [1.82, 2.24) is 0 Å². The lowest BCUT2D eigenvalue weighted by atomic mass is 9.55. The van der Waals surface area contributed by atoms with Crippen LogP contribution < -0.4 is 0 Å². The summed E-state index contributed by atoms with van der Waals surface area (Å²) in [6, 6.07) is 0. The molecule has 0 amide bonds. The van der Waals surface area contributed by atoms with Gasteiger partial charge in [-0.3, -0.25) is 0 Å². The second-order valence-corrected chi connectivity index (χ2v) is 10.6. The fraction of sp³-hybridized carbons (Fsp3) is 0.905. The van der Waals surface area contributed by atoms with E-state index in [-0.39, 0.29) is 0 Å². The summed E-state index contributed by atoms with van der Waals surface area (Å²) < 4.78 is 6.68. The topological polar surface area (TPSA) is 49.7 Å². The Kier molecular flexibility index (Phi) is 1.98. The van der Waals surface area contributed by atoms with E-state index in [0.29, 0.717) is 35.9 Å². The SMILES string of the molecule is OC1C(O)C2CC1C1C3OC(C21)C1C2CC(C4C5C=CC(C5)C24)C31. The van der Waals surface area contributed by atoms with Crippen molar-refractivity contribution in [1.29, 1.82) is 0 Å². The van der Waals surface area contributed by atoms with E-state index in [1.807, 2.05) is 0 Å². The fourth-order valence-corrected chi connectivity index (χ4v) is 10.5. The quantitative estimate of drug-likeness (QED) is 0.526. The number of aliphatic hydroxyl groups excluding tert-OH is 2. The van der Waals surface area contributed by atoms with Crippen LogP contribution in [0.4, 0.5) is 0 Å². The summed E-state index contributed by atoms with van der Waals surface area (Å²) in [6.45, 7) is 0. The first-order chi connectivity index (χ1) is 11.7. The minimum absolute atomic E-state index is 0.320. The molecule has 2 N–H and O–H groups in total. The van der Waals surface area contributed by atoms with Crippen LogP contribution in [0.2, 0.25) is 0 Å². The Balaban J connectivity index is 1.23. The Morgan fingerprint density at radius 2 is 1.04 bits per heavy atom. The number of hydrogen-bond donors (Lipinski definition) is 2. The van der Waals surface area contributed by atoms with Gasteiger partial charge in [0.05, 0.1) is 24.4 Å². The third-order valence-corrected chi connectivity index (χ3v) is 10.6. The van der Waals surface area contributed by atoms with Gasteiger partial charge in [-0.25, -0.2) is 0 Å². The van der Waals surface area contributed by atoms with Crippen LogP contribution in [0, 0.1) is 71.0 Å². The van der Waals surface area contributed by atoms with E-state index in [4.69, 9.17) is 4.74 Å². The molecule has 6 aliphatic carbocycles. The molecule has 16 unspecified atom stereocenters. The molecule has 5 saturated carbocycles. The number of aliphatic hydroxyl groups is 2. The Morgan fingerprint density at radius 1 is 0.583 bits per heavy atom. The molecule has 8 rings (SSSR count). The predicted molar refractivity (Wildman–Crippen MR) is 85.5 cm³/mol. The monoisotopic (exact) mass is 326 g/mol. The average Bonchev–Trinajstić information content (AvgIpc) is 3.39. The van der Waals surface area contributed by atoms with Crippen molar-refractivity contribution in [3.05, 3.63) is 12.2 Å². The van der Waals surface area contributed by atoms with Gasteiger partial charge >= 0.3 is 0 Å². The van der Waals surface area contributed by atoms with Crippen LogP contribution in [0.1, 0.15) is 19.3 Å². The zero-order valence-corrected chi connectivity index (χ0v) is 13.8. The van der Waals surface area contributed by atoms with E-state index in [2.05, 4.69) is 12.2 Å². The van der Waals surface area contributed by atoms with Crippen LogP contribution in [0.3, 0.4) is 0 Å². The maximum Gasteiger partial charge on any atom is 0.0833 e. The largest absolute Gasteiger partial charge is 0.390 e. The third kappa shape index (κ3) is 1.07. The van der Waals surface area contributed by atoms with Crippen molar-refractivity contribution in [3.8, 4) is 0 Å². The summed E-state index contributed by atoms with van der Waals surface area (Å²) >= 11 is 0. The first-order valence-electron chi connectivity index (χ1n) is 10.4. The highest BCUT2D eigenvalue weighted by Crippen LogP contribution is 2.77. The van der Waals surface area contributed by atoms with Crippen molar-refractivity contribution >= 4 is 0 Å². The summed E-state index contributed by atoms with van der Waals surface area (Å²) in [6.07, 6.45) is 8.92. The Morgan fingerprint density at radius 3 is 1.58 bits per heavy atom. The molecule has 2 heterocycles. The number of hydrogen-bond acceptors (Lipinski definition) is 3. The van der Waals surface area contributed by atoms with Crippen molar-refractivity contribution in [2.75, 3.05) is 0 Å². The molecular formula is C21H26O3. The summed E-state index contributed by atoms with van der Waals surface area (Å²) in [4.78, 5) is 0. The number of fused-ring (bicyclic) bond motifs is 23. The number of ether oxygens (including phenoxy) is 1. The van der Waals surface area contributed by atoms with Crippen molar-refractivity contribution < 1.29 is 14.9 Å². The molecule has 128 valence electrons.